The van der Waals surface area contributed by atoms with Gasteiger partial charge < -0.3 is 25.3 Å². The van der Waals surface area contributed by atoms with Crippen molar-refractivity contribution in [1.29, 1.82) is 0 Å². The topological polar surface area (TPSA) is 117 Å². The molecule has 0 radical (unpaired) electrons. The largest absolute Gasteiger partial charge is 0.463 e. The van der Waals surface area contributed by atoms with E-state index in [1.165, 1.54) is 19.3 Å². The van der Waals surface area contributed by atoms with Crippen LogP contribution in [-0.2, 0) is 28.6 Å². The summed E-state index contributed by atoms with van der Waals surface area (Å²) >= 11 is 0. The molecule has 120 valence electrons. The average molecular weight is 302 g/mol. The first-order chi connectivity index (χ1) is 10.0. The molecule has 0 aliphatic heterocycles. The molecular formula is C13H22N2O6. The van der Waals surface area contributed by atoms with Crippen LogP contribution in [0.15, 0.2) is 12.2 Å². The third-order valence-corrected chi connectivity index (χ3v) is 2.26. The van der Waals surface area contributed by atoms with Crippen molar-refractivity contribution in [2.75, 3.05) is 33.5 Å². The van der Waals surface area contributed by atoms with Crippen molar-refractivity contribution < 1.29 is 28.6 Å². The predicted molar refractivity (Wildman–Crippen MR) is 74.2 cm³/mol. The molecule has 0 aromatic carbocycles. The number of methoxy groups -OCH3 is 1. The van der Waals surface area contributed by atoms with Gasteiger partial charge in [-0.2, -0.15) is 0 Å². The molecule has 0 rings (SSSR count). The van der Waals surface area contributed by atoms with Gasteiger partial charge in [0, 0.05) is 13.2 Å². The molecule has 8 heteroatoms. The smallest absolute Gasteiger partial charge is 0.330 e. The lowest BCUT2D eigenvalue weighted by molar-refractivity contribution is -0.137. The van der Waals surface area contributed by atoms with E-state index in [0.717, 1.165) is 0 Å². The molecular weight excluding hydrogens is 280 g/mol. The number of nitrogens with two attached hydrogens (primary N) is 1. The zero-order valence-corrected chi connectivity index (χ0v) is 12.3. The second-order valence-corrected chi connectivity index (χ2v) is 3.96. The van der Waals surface area contributed by atoms with E-state index in [2.05, 4.69) is 10.1 Å². The highest BCUT2D eigenvalue weighted by atomic mass is 16.5. The van der Waals surface area contributed by atoms with Crippen LogP contribution in [0.25, 0.3) is 0 Å². The van der Waals surface area contributed by atoms with Gasteiger partial charge in [-0.1, -0.05) is 6.08 Å². The Morgan fingerprint density at radius 3 is 2.57 bits per heavy atom. The van der Waals surface area contributed by atoms with Gasteiger partial charge in [0.2, 0.25) is 11.8 Å². The number of carbonyl (C=O) groups is 3. The minimum atomic E-state index is -0.908. The summed E-state index contributed by atoms with van der Waals surface area (Å²) in [5, 5.41) is 2.42. The van der Waals surface area contributed by atoms with Gasteiger partial charge in [-0.25, -0.2) is 4.79 Å². The van der Waals surface area contributed by atoms with Gasteiger partial charge in [0.1, 0.15) is 12.6 Å². The van der Waals surface area contributed by atoms with Crippen LogP contribution in [0.5, 0.6) is 0 Å². The molecule has 0 aliphatic rings. The minimum absolute atomic E-state index is 0.0952. The van der Waals surface area contributed by atoms with Crippen LogP contribution in [-0.4, -0.2) is 57.4 Å². The average Bonchev–Trinajstić information content (AvgIpc) is 2.42. The predicted octanol–water partition coefficient (Wildman–Crippen LogP) is -0.871. The normalized spacial score (nSPS) is 12.1. The second kappa shape index (κ2) is 11.9. The first-order valence-corrected chi connectivity index (χ1v) is 6.49. The Morgan fingerprint density at radius 2 is 2.00 bits per heavy atom. The summed E-state index contributed by atoms with van der Waals surface area (Å²) in [5.74, 6) is -1.69. The number of primary amides is 1. The molecule has 0 aromatic rings. The molecule has 0 saturated heterocycles. The standard InChI is InChI=1S/C13H22N2O6/c1-3-21-12(17)6-4-5-10(13(14)18)15-11(16)9-20-8-7-19-2/h4,6,10H,3,5,7-9H2,1-2H3,(H2,14,18)(H,15,16)/b6-4+/t10-/m1/s1. The maximum Gasteiger partial charge on any atom is 0.330 e. The summed E-state index contributed by atoms with van der Waals surface area (Å²) in [5.41, 5.74) is 5.17. The Balaban J connectivity index is 4.15. The Bertz CT molecular complexity index is 370. The van der Waals surface area contributed by atoms with Crippen LogP contribution in [0.1, 0.15) is 13.3 Å². The fourth-order valence-electron chi connectivity index (χ4n) is 1.28. The minimum Gasteiger partial charge on any atom is -0.463 e. The fraction of sp³-hybridized carbons (Fsp3) is 0.615. The molecule has 1 atom stereocenters. The Morgan fingerprint density at radius 1 is 1.29 bits per heavy atom. The molecule has 0 aromatic heterocycles. The van der Waals surface area contributed by atoms with Crippen molar-refractivity contribution in [3.8, 4) is 0 Å². The van der Waals surface area contributed by atoms with Gasteiger partial charge in [0.25, 0.3) is 0 Å². The summed E-state index contributed by atoms with van der Waals surface area (Å²) < 4.78 is 14.4. The van der Waals surface area contributed by atoms with Crippen molar-refractivity contribution in [2.45, 2.75) is 19.4 Å². The van der Waals surface area contributed by atoms with E-state index in [9.17, 15) is 14.4 Å². The molecule has 0 fully saturated rings. The van der Waals surface area contributed by atoms with Crippen molar-refractivity contribution in [2.24, 2.45) is 5.73 Å². The molecule has 21 heavy (non-hydrogen) atoms. The quantitative estimate of drug-likeness (QED) is 0.291. The van der Waals surface area contributed by atoms with Crippen molar-refractivity contribution >= 4 is 17.8 Å². The molecule has 2 amide bonds. The summed E-state index contributed by atoms with van der Waals surface area (Å²) in [6.45, 7) is 2.39. The van der Waals surface area contributed by atoms with E-state index in [-0.39, 0.29) is 26.2 Å². The third kappa shape index (κ3) is 10.5. The zero-order valence-electron chi connectivity index (χ0n) is 12.3. The highest BCUT2D eigenvalue weighted by molar-refractivity contribution is 5.87. The Kier molecular flexibility index (Phi) is 10.8. The van der Waals surface area contributed by atoms with Gasteiger partial charge in [-0.15, -0.1) is 0 Å². The molecule has 8 nitrogen and oxygen atoms in total. The molecule has 0 heterocycles. The summed E-state index contributed by atoms with van der Waals surface area (Å²) in [6, 6.07) is -0.908. The molecule has 3 N–H and O–H groups in total. The highest BCUT2D eigenvalue weighted by Gasteiger charge is 2.16. The van der Waals surface area contributed by atoms with Crippen LogP contribution >= 0.6 is 0 Å². The Hall–Kier alpha value is -1.93. The number of ether oxygens (including phenoxy) is 3. The van der Waals surface area contributed by atoms with Crippen LogP contribution in [0.4, 0.5) is 0 Å². The Labute approximate surface area is 123 Å². The zero-order chi connectivity index (χ0) is 16.1. The number of amides is 2. The monoisotopic (exact) mass is 302 g/mol. The van der Waals surface area contributed by atoms with Crippen LogP contribution in [0, 0.1) is 0 Å². The van der Waals surface area contributed by atoms with E-state index in [0.29, 0.717) is 6.61 Å². The lowest BCUT2D eigenvalue weighted by Gasteiger charge is -2.13. The molecule has 0 saturated carbocycles. The van der Waals surface area contributed by atoms with Crippen molar-refractivity contribution in [1.82, 2.24) is 5.32 Å². The molecule has 0 bridgehead atoms. The summed E-state index contributed by atoms with van der Waals surface area (Å²) in [7, 11) is 1.52. The summed E-state index contributed by atoms with van der Waals surface area (Å²) in [6.07, 6.45) is 2.69. The lowest BCUT2D eigenvalue weighted by Crippen LogP contribution is -2.45. The lowest BCUT2D eigenvalue weighted by atomic mass is 10.2. The van der Waals surface area contributed by atoms with Crippen LogP contribution < -0.4 is 11.1 Å². The van der Waals surface area contributed by atoms with Gasteiger partial charge in [0.15, 0.2) is 0 Å². The number of carbonyl (C=O) groups excluding carboxylic acids is 3. The van der Waals surface area contributed by atoms with Crippen LogP contribution in [0.2, 0.25) is 0 Å². The number of rotatable bonds is 11. The number of esters is 1. The fourth-order valence-corrected chi connectivity index (χ4v) is 1.28. The highest BCUT2D eigenvalue weighted by Crippen LogP contribution is 1.95. The van der Waals surface area contributed by atoms with E-state index in [4.69, 9.17) is 15.2 Å². The van der Waals surface area contributed by atoms with Crippen LogP contribution in [0.3, 0.4) is 0 Å². The first-order valence-electron chi connectivity index (χ1n) is 6.49. The molecule has 0 unspecified atom stereocenters. The second-order valence-electron chi connectivity index (χ2n) is 3.96. The number of nitrogens with one attached hydrogen (secondary N) is 1. The van der Waals surface area contributed by atoms with Gasteiger partial charge in [-0.05, 0) is 13.3 Å². The van der Waals surface area contributed by atoms with E-state index < -0.39 is 23.8 Å². The maximum atomic E-state index is 11.5. The van der Waals surface area contributed by atoms with Gasteiger partial charge >= 0.3 is 5.97 Å². The SMILES string of the molecule is CCOC(=O)/C=C/C[C@@H](NC(=O)COCCOC)C(N)=O. The van der Waals surface area contributed by atoms with E-state index in [1.807, 2.05) is 0 Å². The molecule has 0 spiro atoms. The van der Waals surface area contributed by atoms with E-state index >= 15 is 0 Å². The first kappa shape index (κ1) is 19.1. The van der Waals surface area contributed by atoms with Crippen molar-refractivity contribution in [3.05, 3.63) is 12.2 Å². The maximum absolute atomic E-state index is 11.5. The number of hydrogen-bond acceptors (Lipinski definition) is 6. The number of hydrogen-bond donors (Lipinski definition) is 2. The summed E-state index contributed by atoms with van der Waals surface area (Å²) in [4.78, 5) is 33.8. The van der Waals surface area contributed by atoms with Gasteiger partial charge in [0.05, 0.1) is 19.8 Å². The third-order valence-electron chi connectivity index (χ3n) is 2.26. The van der Waals surface area contributed by atoms with Crippen molar-refractivity contribution in [3.63, 3.8) is 0 Å². The molecule has 0 aliphatic carbocycles. The van der Waals surface area contributed by atoms with E-state index in [1.54, 1.807) is 6.92 Å². The van der Waals surface area contributed by atoms with Gasteiger partial charge in [-0.3, -0.25) is 9.59 Å².